The molecule has 0 aliphatic heterocycles. The lowest BCUT2D eigenvalue weighted by molar-refractivity contribution is 0.661. The number of aromatic nitrogens is 2. The molecule has 1 aliphatic rings. The van der Waals surface area contributed by atoms with E-state index in [-0.39, 0.29) is 5.41 Å². The Bertz CT molecular complexity index is 3520. The van der Waals surface area contributed by atoms with Gasteiger partial charge in [-0.05, 0) is 109 Å². The summed E-state index contributed by atoms with van der Waals surface area (Å²) >= 11 is 1.83. The molecule has 0 atom stereocenters. The number of rotatable bonds is 5. The van der Waals surface area contributed by atoms with E-state index < -0.39 is 0 Å². The van der Waals surface area contributed by atoms with Crippen molar-refractivity contribution in [1.29, 1.82) is 0 Å². The lowest BCUT2D eigenvalue weighted by Gasteiger charge is -2.22. The fourth-order valence-corrected chi connectivity index (χ4v) is 10.8. The van der Waals surface area contributed by atoms with Gasteiger partial charge in [-0.15, -0.1) is 11.3 Å². The van der Waals surface area contributed by atoms with Gasteiger partial charge in [0.15, 0.2) is 5.82 Å². The van der Waals surface area contributed by atoms with Gasteiger partial charge in [0.25, 0.3) is 0 Å². The van der Waals surface area contributed by atoms with E-state index in [1.807, 2.05) is 17.4 Å². The first-order valence-electron chi connectivity index (χ1n) is 20.6. The summed E-state index contributed by atoms with van der Waals surface area (Å²) in [5.41, 5.74) is 15.2. The zero-order chi connectivity index (χ0) is 40.0. The van der Waals surface area contributed by atoms with Gasteiger partial charge in [0.1, 0.15) is 0 Å². The van der Waals surface area contributed by atoms with E-state index in [0.29, 0.717) is 5.82 Å². The van der Waals surface area contributed by atoms with E-state index in [1.54, 1.807) is 0 Å². The molecule has 2 nitrogen and oxygen atoms in total. The molecular weight excluding hydrogens is 745 g/mol. The van der Waals surface area contributed by atoms with Crippen LogP contribution in [0.5, 0.6) is 0 Å². The van der Waals surface area contributed by atoms with Gasteiger partial charge in [0.05, 0.1) is 11.4 Å². The fourth-order valence-electron chi connectivity index (χ4n) is 9.69. The number of hydrogen-bond donors (Lipinski definition) is 0. The first-order valence-corrected chi connectivity index (χ1v) is 21.5. The van der Waals surface area contributed by atoms with Crippen molar-refractivity contribution in [1.82, 2.24) is 9.97 Å². The molecule has 0 radical (unpaired) electrons. The maximum Gasteiger partial charge on any atom is 0.160 e. The Hall–Kier alpha value is -7.20. The number of benzene rings is 9. The van der Waals surface area contributed by atoms with Crippen molar-refractivity contribution in [3.05, 3.63) is 205 Å². The zero-order valence-electron chi connectivity index (χ0n) is 33.3. The molecule has 9 aromatic carbocycles. The summed E-state index contributed by atoms with van der Waals surface area (Å²) in [6.07, 6.45) is 0. The second kappa shape index (κ2) is 13.4. The molecule has 0 bridgehead atoms. The molecule has 0 saturated carbocycles. The van der Waals surface area contributed by atoms with Crippen molar-refractivity contribution in [2.75, 3.05) is 0 Å². The van der Waals surface area contributed by atoms with Gasteiger partial charge in [-0.2, -0.15) is 0 Å². The van der Waals surface area contributed by atoms with Crippen molar-refractivity contribution in [3.63, 3.8) is 0 Å². The molecule has 11 aromatic rings. The van der Waals surface area contributed by atoms with Gasteiger partial charge in [-0.3, -0.25) is 0 Å². The highest BCUT2D eigenvalue weighted by atomic mass is 32.1. The van der Waals surface area contributed by atoms with Gasteiger partial charge in [0, 0.05) is 42.3 Å². The number of fused-ring (bicyclic) bond motifs is 8. The Kier molecular flexibility index (Phi) is 7.79. The topological polar surface area (TPSA) is 25.8 Å². The van der Waals surface area contributed by atoms with Gasteiger partial charge in [-0.25, -0.2) is 9.97 Å². The van der Waals surface area contributed by atoms with E-state index in [4.69, 9.17) is 9.97 Å². The van der Waals surface area contributed by atoms with E-state index in [0.717, 1.165) is 33.5 Å². The highest BCUT2D eigenvalue weighted by molar-refractivity contribution is 7.25. The first-order chi connectivity index (χ1) is 29.5. The van der Waals surface area contributed by atoms with Crippen LogP contribution in [0.25, 0.3) is 109 Å². The summed E-state index contributed by atoms with van der Waals surface area (Å²) in [5.74, 6) is 0.717. The molecule has 0 saturated heterocycles. The number of thiophene rings is 1. The zero-order valence-corrected chi connectivity index (χ0v) is 34.1. The molecule has 0 fully saturated rings. The quantitative estimate of drug-likeness (QED) is 0.174. The second-order valence-corrected chi connectivity index (χ2v) is 17.6. The fraction of sp³-hybridized carbons (Fsp3) is 0.0526. The van der Waals surface area contributed by atoms with Crippen molar-refractivity contribution >= 4 is 53.1 Å². The van der Waals surface area contributed by atoms with Crippen LogP contribution in [0.4, 0.5) is 0 Å². The van der Waals surface area contributed by atoms with Crippen LogP contribution in [-0.4, -0.2) is 9.97 Å². The average Bonchev–Trinajstić information content (AvgIpc) is 3.79. The molecular formula is C57H38N2S. The SMILES string of the molecule is CC1(C)c2ccc(-c3cccc(-c4ccc(-c5cc(-c6cccc7sc8ccccc8c67)nc(-c6ccccc6)n5)c5ccccc45)c3)cc2-c2cc3ccccc3cc21. The van der Waals surface area contributed by atoms with E-state index in [2.05, 4.69) is 202 Å². The van der Waals surface area contributed by atoms with Crippen LogP contribution < -0.4 is 0 Å². The Morgan fingerprint density at radius 3 is 1.80 bits per heavy atom. The van der Waals surface area contributed by atoms with E-state index in [1.165, 1.54) is 80.8 Å². The van der Waals surface area contributed by atoms with Gasteiger partial charge >= 0.3 is 0 Å². The molecule has 12 rings (SSSR count). The predicted molar refractivity (Wildman–Crippen MR) is 255 cm³/mol. The molecule has 0 amide bonds. The third kappa shape index (κ3) is 5.47. The highest BCUT2D eigenvalue weighted by Crippen LogP contribution is 2.51. The molecule has 2 aromatic heterocycles. The average molecular weight is 783 g/mol. The minimum absolute atomic E-state index is 0.0619. The van der Waals surface area contributed by atoms with E-state index in [9.17, 15) is 0 Å². The van der Waals surface area contributed by atoms with Crippen molar-refractivity contribution in [2.24, 2.45) is 0 Å². The standard InChI is InChI=1S/C57H38N2S/c1-57(2)49-29-26-39(32-47(49)48-31-37-16-6-7-17-38(37)33-50(48)57)36-18-12-19-40(30-36)41-27-28-44(43-21-9-8-20-42(41)43)51-34-52(59-56(58-51)35-14-4-3-5-15-35)45-23-13-25-54-55(45)46-22-10-11-24-53(46)60-54/h3-34H,1-2H3. The largest absolute Gasteiger partial charge is 0.228 e. The van der Waals surface area contributed by atoms with Crippen molar-refractivity contribution < 1.29 is 0 Å². The van der Waals surface area contributed by atoms with Crippen molar-refractivity contribution in [2.45, 2.75) is 19.3 Å². The lowest BCUT2D eigenvalue weighted by atomic mass is 9.81. The molecule has 0 N–H and O–H groups in total. The maximum atomic E-state index is 5.30. The Morgan fingerprint density at radius 2 is 0.967 bits per heavy atom. The summed E-state index contributed by atoms with van der Waals surface area (Å²) < 4.78 is 2.54. The predicted octanol–water partition coefficient (Wildman–Crippen LogP) is 15.8. The second-order valence-electron chi connectivity index (χ2n) is 16.5. The van der Waals surface area contributed by atoms with Crippen LogP contribution in [0.1, 0.15) is 25.0 Å². The molecule has 60 heavy (non-hydrogen) atoms. The monoisotopic (exact) mass is 782 g/mol. The van der Waals surface area contributed by atoms with Crippen LogP contribution in [0.2, 0.25) is 0 Å². The van der Waals surface area contributed by atoms with Gasteiger partial charge < -0.3 is 0 Å². The number of hydrogen-bond acceptors (Lipinski definition) is 3. The van der Waals surface area contributed by atoms with Crippen LogP contribution in [0.3, 0.4) is 0 Å². The molecule has 282 valence electrons. The highest BCUT2D eigenvalue weighted by Gasteiger charge is 2.35. The first kappa shape index (κ1) is 34.8. The third-order valence-corrected chi connectivity index (χ3v) is 13.8. The molecule has 1 aliphatic carbocycles. The summed E-state index contributed by atoms with van der Waals surface area (Å²) in [6.45, 7) is 4.72. The van der Waals surface area contributed by atoms with Gasteiger partial charge in [-0.1, -0.05) is 166 Å². The van der Waals surface area contributed by atoms with Crippen LogP contribution in [0.15, 0.2) is 194 Å². The van der Waals surface area contributed by atoms with Crippen LogP contribution in [-0.2, 0) is 5.41 Å². The lowest BCUT2D eigenvalue weighted by Crippen LogP contribution is -2.14. The molecule has 2 heterocycles. The van der Waals surface area contributed by atoms with E-state index >= 15 is 0 Å². The Morgan fingerprint density at radius 1 is 0.367 bits per heavy atom. The van der Waals surface area contributed by atoms with Crippen LogP contribution in [0, 0.1) is 0 Å². The summed E-state index contributed by atoms with van der Waals surface area (Å²) in [6, 6.07) is 70.7. The Balaban J connectivity index is 0.988. The smallest absolute Gasteiger partial charge is 0.160 e. The van der Waals surface area contributed by atoms with Crippen molar-refractivity contribution in [3.8, 4) is 67.3 Å². The Labute approximate surface area is 353 Å². The summed E-state index contributed by atoms with van der Waals surface area (Å²) in [7, 11) is 0. The molecule has 0 spiro atoms. The molecule has 3 heteroatoms. The van der Waals surface area contributed by atoms with Crippen LogP contribution >= 0.6 is 11.3 Å². The molecule has 0 unspecified atom stereocenters. The third-order valence-electron chi connectivity index (χ3n) is 12.7. The summed E-state index contributed by atoms with van der Waals surface area (Å²) in [5, 5.41) is 7.43. The maximum absolute atomic E-state index is 5.30. The minimum atomic E-state index is -0.0619. The number of nitrogens with zero attached hydrogens (tertiary/aromatic N) is 2. The van der Waals surface area contributed by atoms with Gasteiger partial charge in [0.2, 0.25) is 0 Å². The summed E-state index contributed by atoms with van der Waals surface area (Å²) in [4.78, 5) is 10.6. The minimum Gasteiger partial charge on any atom is -0.228 e. The normalized spacial score (nSPS) is 13.0.